The SMILES string of the molecule is Cc1cc(F)c(N)cc1S(=O)(=O)NCC(C)(C)S(C)(=O)=O. The van der Waals surface area contributed by atoms with E-state index in [-0.39, 0.29) is 22.7 Å². The maximum absolute atomic E-state index is 13.3. The molecule has 6 nitrogen and oxygen atoms in total. The van der Waals surface area contributed by atoms with Crippen molar-refractivity contribution in [2.75, 3.05) is 18.5 Å². The summed E-state index contributed by atoms with van der Waals surface area (Å²) in [7, 11) is -7.43. The molecule has 0 aromatic heterocycles. The number of benzene rings is 1. The molecule has 0 aliphatic rings. The molecule has 1 aromatic rings. The number of halogens is 1. The summed E-state index contributed by atoms with van der Waals surface area (Å²) in [6.07, 6.45) is 1.03. The topological polar surface area (TPSA) is 106 Å². The predicted molar refractivity (Wildman–Crippen MR) is 79.7 cm³/mol. The van der Waals surface area contributed by atoms with Gasteiger partial charge in [-0.15, -0.1) is 0 Å². The minimum absolute atomic E-state index is 0.175. The summed E-state index contributed by atoms with van der Waals surface area (Å²) < 4.78 is 61.8. The third-order valence-electron chi connectivity index (χ3n) is 3.28. The van der Waals surface area contributed by atoms with Gasteiger partial charge in [-0.2, -0.15) is 0 Å². The molecule has 9 heteroatoms. The van der Waals surface area contributed by atoms with Crippen LogP contribution in [0.3, 0.4) is 0 Å². The van der Waals surface area contributed by atoms with Gasteiger partial charge in [-0.25, -0.2) is 25.9 Å². The molecule has 21 heavy (non-hydrogen) atoms. The number of aryl methyl sites for hydroxylation is 1. The number of rotatable bonds is 5. The van der Waals surface area contributed by atoms with Gasteiger partial charge in [-0.1, -0.05) is 0 Å². The third-order valence-corrected chi connectivity index (χ3v) is 6.97. The van der Waals surface area contributed by atoms with Crippen LogP contribution in [-0.4, -0.2) is 34.4 Å². The molecule has 0 fully saturated rings. The Bertz CT molecular complexity index is 756. The smallest absolute Gasteiger partial charge is 0.240 e. The van der Waals surface area contributed by atoms with Gasteiger partial charge in [0.1, 0.15) is 5.82 Å². The van der Waals surface area contributed by atoms with Crippen molar-refractivity contribution in [3.05, 3.63) is 23.5 Å². The van der Waals surface area contributed by atoms with Crippen LogP contribution in [0.4, 0.5) is 10.1 Å². The second-order valence-electron chi connectivity index (χ2n) is 5.50. The molecule has 120 valence electrons. The lowest BCUT2D eigenvalue weighted by molar-refractivity contribution is 0.536. The number of nitrogen functional groups attached to an aromatic ring is 1. The minimum atomic E-state index is -3.98. The summed E-state index contributed by atoms with van der Waals surface area (Å²) in [6.45, 7) is 3.96. The van der Waals surface area contributed by atoms with Gasteiger partial charge in [-0.3, -0.25) is 0 Å². The van der Waals surface area contributed by atoms with E-state index < -0.39 is 30.4 Å². The van der Waals surface area contributed by atoms with E-state index in [2.05, 4.69) is 4.72 Å². The number of sulfonamides is 1. The Kier molecular flexibility index (Phi) is 4.71. The molecule has 0 spiro atoms. The van der Waals surface area contributed by atoms with Gasteiger partial charge in [0.15, 0.2) is 9.84 Å². The molecule has 0 aliphatic carbocycles. The Morgan fingerprint density at radius 1 is 1.24 bits per heavy atom. The zero-order valence-corrected chi connectivity index (χ0v) is 13.9. The molecule has 0 unspecified atom stereocenters. The summed E-state index contributed by atoms with van der Waals surface area (Å²) >= 11 is 0. The highest BCUT2D eigenvalue weighted by Gasteiger charge is 2.32. The molecule has 3 N–H and O–H groups in total. The minimum Gasteiger partial charge on any atom is -0.396 e. The van der Waals surface area contributed by atoms with Crippen molar-refractivity contribution in [2.45, 2.75) is 30.4 Å². The zero-order chi connectivity index (χ0) is 16.6. The van der Waals surface area contributed by atoms with Gasteiger partial charge >= 0.3 is 0 Å². The van der Waals surface area contributed by atoms with Gasteiger partial charge in [0, 0.05) is 12.8 Å². The molecule has 0 saturated carbocycles. The van der Waals surface area contributed by atoms with Crippen LogP contribution in [0, 0.1) is 12.7 Å². The van der Waals surface area contributed by atoms with Gasteiger partial charge in [0.25, 0.3) is 0 Å². The van der Waals surface area contributed by atoms with E-state index in [9.17, 15) is 21.2 Å². The highest BCUT2D eigenvalue weighted by molar-refractivity contribution is 7.92. The second kappa shape index (κ2) is 5.54. The van der Waals surface area contributed by atoms with Crippen molar-refractivity contribution in [1.82, 2.24) is 4.72 Å². The Hall–Kier alpha value is -1.19. The quantitative estimate of drug-likeness (QED) is 0.773. The first kappa shape index (κ1) is 17.9. The lowest BCUT2D eigenvalue weighted by Gasteiger charge is -2.23. The molecule has 1 aromatic carbocycles. The van der Waals surface area contributed by atoms with E-state index in [0.29, 0.717) is 0 Å². The van der Waals surface area contributed by atoms with E-state index in [1.165, 1.54) is 20.8 Å². The fraction of sp³-hybridized carbons (Fsp3) is 0.500. The second-order valence-corrected chi connectivity index (χ2v) is 9.88. The van der Waals surface area contributed by atoms with Crippen LogP contribution < -0.4 is 10.5 Å². The molecule has 1 rings (SSSR count). The molecule has 0 heterocycles. The number of hydrogen-bond acceptors (Lipinski definition) is 5. The van der Waals surface area contributed by atoms with Gasteiger partial charge < -0.3 is 5.73 Å². The van der Waals surface area contributed by atoms with Gasteiger partial charge in [0.05, 0.1) is 15.3 Å². The maximum atomic E-state index is 13.3. The average molecular weight is 338 g/mol. The number of sulfone groups is 1. The monoisotopic (exact) mass is 338 g/mol. The largest absolute Gasteiger partial charge is 0.396 e. The van der Waals surface area contributed by atoms with Crippen LogP contribution in [0.15, 0.2) is 17.0 Å². The predicted octanol–water partition coefficient (Wildman–Crippen LogP) is 0.818. The number of nitrogens with one attached hydrogen (secondary N) is 1. The van der Waals surface area contributed by atoms with Crippen LogP contribution in [0.5, 0.6) is 0 Å². The molecule has 0 saturated heterocycles. The Balaban J connectivity index is 3.12. The summed E-state index contributed by atoms with van der Waals surface area (Å²) in [5.41, 5.74) is 5.27. The zero-order valence-electron chi connectivity index (χ0n) is 12.3. The lowest BCUT2D eigenvalue weighted by atomic mass is 10.2. The Morgan fingerprint density at radius 2 is 1.76 bits per heavy atom. The lowest BCUT2D eigenvalue weighted by Crippen LogP contribution is -2.43. The van der Waals surface area contributed by atoms with E-state index in [0.717, 1.165) is 18.4 Å². The van der Waals surface area contributed by atoms with E-state index in [4.69, 9.17) is 5.73 Å². The maximum Gasteiger partial charge on any atom is 0.240 e. The Morgan fingerprint density at radius 3 is 2.24 bits per heavy atom. The first-order valence-corrected chi connectivity index (χ1v) is 9.40. The first-order valence-electron chi connectivity index (χ1n) is 6.03. The molecule has 0 atom stereocenters. The first-order chi connectivity index (χ1) is 9.28. The third kappa shape index (κ3) is 3.92. The fourth-order valence-corrected chi connectivity index (χ4v) is 3.33. The van der Waals surface area contributed by atoms with Crippen LogP contribution >= 0.6 is 0 Å². The van der Waals surface area contributed by atoms with Crippen molar-refractivity contribution < 1.29 is 21.2 Å². The normalized spacial score (nSPS) is 13.4. The summed E-state index contributed by atoms with van der Waals surface area (Å²) in [4.78, 5) is -0.175. The highest BCUT2D eigenvalue weighted by atomic mass is 32.2. The molecular formula is C12H19FN2O4S2. The number of anilines is 1. The molecule has 0 aliphatic heterocycles. The Labute approximate surface area is 124 Å². The molecule has 0 radical (unpaired) electrons. The van der Waals surface area contributed by atoms with Gasteiger partial charge in [0.2, 0.25) is 10.0 Å². The van der Waals surface area contributed by atoms with Crippen molar-refractivity contribution >= 4 is 25.5 Å². The van der Waals surface area contributed by atoms with E-state index >= 15 is 0 Å². The van der Waals surface area contributed by atoms with Gasteiger partial charge in [-0.05, 0) is 38.5 Å². The van der Waals surface area contributed by atoms with Crippen molar-refractivity contribution in [3.8, 4) is 0 Å². The van der Waals surface area contributed by atoms with Crippen LogP contribution in [0.25, 0.3) is 0 Å². The van der Waals surface area contributed by atoms with E-state index in [1.807, 2.05) is 0 Å². The summed E-state index contributed by atoms with van der Waals surface area (Å²) in [5, 5.41) is 0. The van der Waals surface area contributed by atoms with Crippen molar-refractivity contribution in [1.29, 1.82) is 0 Å². The number of hydrogen-bond donors (Lipinski definition) is 2. The molecule has 0 amide bonds. The van der Waals surface area contributed by atoms with Crippen LogP contribution in [0.1, 0.15) is 19.4 Å². The van der Waals surface area contributed by atoms with E-state index in [1.54, 1.807) is 0 Å². The van der Waals surface area contributed by atoms with Crippen molar-refractivity contribution in [3.63, 3.8) is 0 Å². The average Bonchev–Trinajstić information content (AvgIpc) is 2.30. The van der Waals surface area contributed by atoms with Crippen molar-refractivity contribution in [2.24, 2.45) is 0 Å². The standard InChI is InChI=1S/C12H19FN2O4S2/c1-8-5-9(13)10(14)6-11(8)21(18,19)15-7-12(2,3)20(4,16)17/h5-6,15H,7,14H2,1-4H3. The molecule has 0 bridgehead atoms. The fourth-order valence-electron chi connectivity index (χ4n) is 1.44. The molecular weight excluding hydrogens is 319 g/mol. The van der Waals surface area contributed by atoms with Crippen LogP contribution in [-0.2, 0) is 19.9 Å². The summed E-state index contributed by atoms with van der Waals surface area (Å²) in [6, 6.07) is 2.03. The summed E-state index contributed by atoms with van der Waals surface area (Å²) in [5.74, 6) is -0.706. The highest BCUT2D eigenvalue weighted by Crippen LogP contribution is 2.22. The van der Waals surface area contributed by atoms with Crippen LogP contribution in [0.2, 0.25) is 0 Å². The number of nitrogens with two attached hydrogens (primary N) is 1.